The molecule has 0 radical (unpaired) electrons. The first-order chi connectivity index (χ1) is 9.11. The number of aromatic nitrogens is 2. The summed E-state index contributed by atoms with van der Waals surface area (Å²) in [6, 6.07) is 6.44. The predicted octanol–water partition coefficient (Wildman–Crippen LogP) is 2.88. The maximum absolute atomic E-state index is 13.5. The minimum absolute atomic E-state index is 0.0427. The van der Waals surface area contributed by atoms with Crippen LogP contribution in [0.5, 0.6) is 0 Å². The Morgan fingerprint density at radius 2 is 2.16 bits per heavy atom. The van der Waals surface area contributed by atoms with Gasteiger partial charge < -0.3 is 4.52 Å². The van der Waals surface area contributed by atoms with Crippen molar-refractivity contribution >= 4 is 5.78 Å². The summed E-state index contributed by atoms with van der Waals surface area (Å²) in [6.45, 7) is 3.52. The van der Waals surface area contributed by atoms with Crippen molar-refractivity contribution in [1.29, 1.82) is 0 Å². The largest absolute Gasteiger partial charge is 0.339 e. The topological polar surface area (TPSA) is 56.0 Å². The maximum Gasteiger partial charge on any atom is 0.236 e. The Morgan fingerprint density at radius 3 is 2.84 bits per heavy atom. The second-order valence-corrected chi connectivity index (χ2v) is 4.36. The van der Waals surface area contributed by atoms with Crippen LogP contribution in [0.25, 0.3) is 0 Å². The van der Waals surface area contributed by atoms with E-state index in [1.807, 2.05) is 0 Å². The third kappa shape index (κ3) is 3.05. The van der Waals surface area contributed by atoms with Gasteiger partial charge in [-0.15, -0.1) is 0 Å². The van der Waals surface area contributed by atoms with Gasteiger partial charge in [-0.3, -0.25) is 4.79 Å². The monoisotopic (exact) mass is 262 g/mol. The fourth-order valence-electron chi connectivity index (χ4n) is 1.77. The third-order valence-electron chi connectivity index (χ3n) is 2.99. The average Bonchev–Trinajstić information content (AvgIpc) is 2.88. The van der Waals surface area contributed by atoms with Crippen molar-refractivity contribution in [1.82, 2.24) is 10.1 Å². The van der Waals surface area contributed by atoms with Crippen LogP contribution in [0.3, 0.4) is 0 Å². The molecule has 1 atom stereocenters. The summed E-state index contributed by atoms with van der Waals surface area (Å²) in [5.41, 5.74) is 0.504. The lowest BCUT2D eigenvalue weighted by molar-refractivity contribution is -0.120. The van der Waals surface area contributed by atoms with Gasteiger partial charge in [-0.2, -0.15) is 4.98 Å². The van der Waals surface area contributed by atoms with E-state index in [9.17, 15) is 9.18 Å². The molecular weight excluding hydrogens is 247 g/mol. The number of halogens is 1. The van der Waals surface area contributed by atoms with Gasteiger partial charge in [-0.05, 0) is 18.6 Å². The lowest BCUT2D eigenvalue weighted by Crippen LogP contribution is -2.07. The van der Waals surface area contributed by atoms with Gasteiger partial charge in [-0.1, -0.05) is 30.3 Å². The van der Waals surface area contributed by atoms with Crippen molar-refractivity contribution in [3.8, 4) is 0 Å². The average molecular weight is 262 g/mol. The summed E-state index contributed by atoms with van der Waals surface area (Å²) in [6.07, 6.45) is 0.676. The highest BCUT2D eigenvalue weighted by Gasteiger charge is 2.20. The molecule has 100 valence electrons. The van der Waals surface area contributed by atoms with E-state index < -0.39 is 5.92 Å². The molecule has 1 unspecified atom stereocenters. The maximum atomic E-state index is 13.5. The van der Waals surface area contributed by atoms with Crippen LogP contribution in [0.1, 0.15) is 43.5 Å². The Hall–Kier alpha value is -2.04. The van der Waals surface area contributed by atoms with Crippen LogP contribution in [0, 0.1) is 5.82 Å². The van der Waals surface area contributed by atoms with Crippen LogP contribution in [0.15, 0.2) is 28.8 Å². The summed E-state index contributed by atoms with van der Waals surface area (Å²) in [5, 5.41) is 3.79. The molecule has 0 bridgehead atoms. The molecule has 0 aliphatic rings. The lowest BCUT2D eigenvalue weighted by atomic mass is 10.1. The van der Waals surface area contributed by atoms with E-state index in [1.54, 1.807) is 32.0 Å². The highest BCUT2D eigenvalue weighted by atomic mass is 19.1. The normalized spacial score (nSPS) is 12.4. The minimum atomic E-state index is -0.410. The van der Waals surface area contributed by atoms with Crippen LogP contribution in [0.2, 0.25) is 0 Å². The van der Waals surface area contributed by atoms with E-state index in [2.05, 4.69) is 10.1 Å². The van der Waals surface area contributed by atoms with Gasteiger partial charge >= 0.3 is 0 Å². The second-order valence-electron chi connectivity index (χ2n) is 4.36. The van der Waals surface area contributed by atoms with E-state index in [1.165, 1.54) is 6.07 Å². The van der Waals surface area contributed by atoms with E-state index >= 15 is 0 Å². The molecular formula is C14H15FN2O2. The van der Waals surface area contributed by atoms with Crippen LogP contribution < -0.4 is 0 Å². The molecule has 2 aromatic rings. The highest BCUT2D eigenvalue weighted by Crippen LogP contribution is 2.17. The molecule has 4 nitrogen and oxygen atoms in total. The molecule has 0 saturated heterocycles. The summed E-state index contributed by atoms with van der Waals surface area (Å²) in [7, 11) is 0. The van der Waals surface area contributed by atoms with E-state index in [-0.39, 0.29) is 23.9 Å². The van der Waals surface area contributed by atoms with E-state index in [0.29, 0.717) is 17.8 Å². The van der Waals surface area contributed by atoms with Crippen molar-refractivity contribution in [2.24, 2.45) is 0 Å². The number of benzene rings is 1. The summed E-state index contributed by atoms with van der Waals surface area (Å²) in [5.74, 6) is 0.00790. The van der Waals surface area contributed by atoms with Gasteiger partial charge in [0, 0.05) is 12.8 Å². The number of ketones is 1. The Kier molecular flexibility index (Phi) is 4.04. The number of carbonyl (C=O) groups excluding carboxylic acids is 1. The predicted molar refractivity (Wildman–Crippen MR) is 67.2 cm³/mol. The zero-order valence-electron chi connectivity index (χ0n) is 10.9. The second kappa shape index (κ2) is 5.73. The number of nitrogens with zero attached hydrogens (tertiary/aromatic N) is 2. The highest BCUT2D eigenvalue weighted by molar-refractivity contribution is 5.83. The molecule has 1 aromatic heterocycles. The quantitative estimate of drug-likeness (QED) is 0.831. The Labute approximate surface area is 110 Å². The fourth-order valence-corrected chi connectivity index (χ4v) is 1.77. The van der Waals surface area contributed by atoms with Crippen LogP contribution in [-0.2, 0) is 11.2 Å². The van der Waals surface area contributed by atoms with Crippen molar-refractivity contribution in [2.75, 3.05) is 0 Å². The number of rotatable bonds is 5. The fraction of sp³-hybridized carbons (Fsp3) is 0.357. The molecule has 1 aromatic carbocycles. The lowest BCUT2D eigenvalue weighted by Gasteiger charge is -2.01. The zero-order valence-corrected chi connectivity index (χ0v) is 10.9. The number of carbonyl (C=O) groups is 1. The Bertz CT molecular complexity index is 580. The molecule has 1 heterocycles. The molecule has 0 amide bonds. The van der Waals surface area contributed by atoms with Crippen molar-refractivity contribution < 1.29 is 13.7 Å². The molecule has 0 aliphatic heterocycles. The van der Waals surface area contributed by atoms with E-state index in [4.69, 9.17) is 4.52 Å². The summed E-state index contributed by atoms with van der Waals surface area (Å²) in [4.78, 5) is 15.7. The molecule has 0 saturated carbocycles. The molecule has 2 rings (SSSR count). The van der Waals surface area contributed by atoms with Crippen LogP contribution in [-0.4, -0.2) is 15.9 Å². The SMILES string of the molecule is CCC(=O)C(C)c1nc(Cc2ccccc2F)no1. The molecule has 19 heavy (non-hydrogen) atoms. The molecule has 0 aliphatic carbocycles. The van der Waals surface area contributed by atoms with Gasteiger partial charge in [0.05, 0.1) is 5.92 Å². The van der Waals surface area contributed by atoms with Gasteiger partial charge in [0.2, 0.25) is 5.89 Å². The first kappa shape index (κ1) is 13.4. The molecule has 0 N–H and O–H groups in total. The van der Waals surface area contributed by atoms with Crippen LogP contribution in [0.4, 0.5) is 4.39 Å². The first-order valence-corrected chi connectivity index (χ1v) is 6.20. The standard InChI is InChI=1S/C14H15FN2O2/c1-3-12(18)9(2)14-16-13(17-19-14)8-10-6-4-5-7-11(10)15/h4-7,9H,3,8H2,1-2H3. The van der Waals surface area contributed by atoms with Gasteiger partial charge in [0.15, 0.2) is 5.82 Å². The smallest absolute Gasteiger partial charge is 0.236 e. The number of hydrogen-bond donors (Lipinski definition) is 0. The Morgan fingerprint density at radius 1 is 1.42 bits per heavy atom. The minimum Gasteiger partial charge on any atom is -0.339 e. The van der Waals surface area contributed by atoms with Gasteiger partial charge in [-0.25, -0.2) is 4.39 Å². The summed E-state index contributed by atoms with van der Waals surface area (Å²) >= 11 is 0. The van der Waals surface area contributed by atoms with Crippen molar-refractivity contribution in [3.63, 3.8) is 0 Å². The zero-order chi connectivity index (χ0) is 13.8. The Balaban J connectivity index is 2.14. The number of hydrogen-bond acceptors (Lipinski definition) is 4. The van der Waals surface area contributed by atoms with Crippen molar-refractivity contribution in [2.45, 2.75) is 32.6 Å². The van der Waals surface area contributed by atoms with Gasteiger partial charge in [0.1, 0.15) is 11.6 Å². The van der Waals surface area contributed by atoms with Gasteiger partial charge in [0.25, 0.3) is 0 Å². The van der Waals surface area contributed by atoms with Crippen molar-refractivity contribution in [3.05, 3.63) is 47.4 Å². The van der Waals surface area contributed by atoms with Crippen LogP contribution >= 0.6 is 0 Å². The molecule has 0 spiro atoms. The van der Waals surface area contributed by atoms with E-state index in [0.717, 1.165) is 0 Å². The number of Topliss-reactive ketones (excluding diaryl/α,β-unsaturated/α-hetero) is 1. The molecule has 0 fully saturated rings. The first-order valence-electron chi connectivity index (χ1n) is 6.20. The summed E-state index contributed by atoms with van der Waals surface area (Å²) < 4.78 is 18.5. The third-order valence-corrected chi connectivity index (χ3v) is 2.99. The molecule has 5 heteroatoms.